The molecule has 5 aliphatic rings. The van der Waals surface area contributed by atoms with E-state index in [2.05, 4.69) is 22.0 Å². The molecule has 9 nitrogen and oxygen atoms in total. The summed E-state index contributed by atoms with van der Waals surface area (Å²) in [6.07, 6.45) is 4.72. The minimum Gasteiger partial charge on any atom is -0.372 e. The summed E-state index contributed by atoms with van der Waals surface area (Å²) in [5, 5.41) is 15.4. The number of carbonyl (C=O) groups is 1. The molecular formula is C42H40Cl2FN5O4S. The smallest absolute Gasteiger partial charge is 0.226 e. The van der Waals surface area contributed by atoms with Gasteiger partial charge in [-0.1, -0.05) is 47.5 Å². The molecule has 5 aromatic rings. The molecule has 2 aliphatic carbocycles. The van der Waals surface area contributed by atoms with Crippen LogP contribution in [-0.2, 0) is 32.4 Å². The van der Waals surface area contributed by atoms with Crippen LogP contribution in [0.1, 0.15) is 66.7 Å². The number of pyridine rings is 1. The maximum Gasteiger partial charge on any atom is 0.226 e. The van der Waals surface area contributed by atoms with Gasteiger partial charge in [0, 0.05) is 77.4 Å². The lowest BCUT2D eigenvalue weighted by Gasteiger charge is -2.39. The number of fused-ring (bicyclic) bond motifs is 4. The van der Waals surface area contributed by atoms with Crippen molar-refractivity contribution in [1.82, 2.24) is 19.8 Å². The molecule has 284 valence electrons. The Morgan fingerprint density at radius 3 is 2.62 bits per heavy atom. The van der Waals surface area contributed by atoms with E-state index < -0.39 is 15.7 Å². The van der Waals surface area contributed by atoms with E-state index >= 15 is 4.39 Å². The Morgan fingerprint density at radius 2 is 1.91 bits per heavy atom. The second kappa shape index (κ2) is 13.9. The third-order valence-corrected chi connectivity index (χ3v) is 14.0. The number of carbonyl (C=O) groups excluding carboxylic acids is 1. The Labute approximate surface area is 329 Å². The number of likely N-dealkylation sites (tertiary alicyclic amines) is 1. The summed E-state index contributed by atoms with van der Waals surface area (Å²) < 4.78 is 50.5. The van der Waals surface area contributed by atoms with E-state index in [0.29, 0.717) is 58.1 Å². The molecule has 0 radical (unpaired) electrons. The number of nitrogens with zero attached hydrogens (tertiary/aromatic N) is 4. The molecule has 5 fully saturated rings. The van der Waals surface area contributed by atoms with Gasteiger partial charge in [-0.25, -0.2) is 17.8 Å². The van der Waals surface area contributed by atoms with Gasteiger partial charge in [0.15, 0.2) is 15.7 Å². The number of amides is 1. The highest BCUT2D eigenvalue weighted by molar-refractivity contribution is 7.90. The summed E-state index contributed by atoms with van der Waals surface area (Å²) in [6, 6.07) is 18.3. The van der Waals surface area contributed by atoms with Gasteiger partial charge in [0.2, 0.25) is 5.91 Å². The lowest BCUT2D eigenvalue weighted by atomic mass is 9.79. The number of sulfone groups is 1. The van der Waals surface area contributed by atoms with Crippen LogP contribution in [0.3, 0.4) is 0 Å². The van der Waals surface area contributed by atoms with E-state index in [0.717, 1.165) is 48.0 Å². The molecule has 3 saturated heterocycles. The Bertz CT molecular complexity index is 2550. The van der Waals surface area contributed by atoms with Crippen LogP contribution < -0.4 is 5.32 Å². The van der Waals surface area contributed by atoms with Crippen LogP contribution in [-0.4, -0.2) is 60.3 Å². The molecule has 3 aromatic carbocycles. The normalized spacial score (nSPS) is 23.4. The predicted octanol–water partition coefficient (Wildman–Crippen LogP) is 8.27. The molecule has 1 N–H and O–H groups in total. The lowest BCUT2D eigenvalue weighted by molar-refractivity contribution is -0.134. The molecule has 2 bridgehead atoms. The molecule has 13 heteroatoms. The number of rotatable bonds is 10. The minimum atomic E-state index is -3.38. The van der Waals surface area contributed by atoms with Gasteiger partial charge in [-0.15, -0.1) is 0 Å². The van der Waals surface area contributed by atoms with Crippen molar-refractivity contribution in [3.05, 3.63) is 93.0 Å². The first-order chi connectivity index (χ1) is 26.4. The minimum absolute atomic E-state index is 0.00942. The maximum absolute atomic E-state index is 17.2. The first-order valence-corrected chi connectivity index (χ1v) is 21.5. The first kappa shape index (κ1) is 36.6. The zero-order chi connectivity index (χ0) is 38.3. The van der Waals surface area contributed by atoms with E-state index in [1.807, 2.05) is 24.0 Å². The maximum atomic E-state index is 17.2. The van der Waals surface area contributed by atoms with E-state index in [1.165, 1.54) is 6.26 Å². The predicted molar refractivity (Wildman–Crippen MR) is 210 cm³/mol. The highest BCUT2D eigenvalue weighted by Gasteiger charge is 2.51. The average Bonchev–Trinajstić information content (AvgIpc) is 3.45. The third kappa shape index (κ3) is 6.31. The van der Waals surface area contributed by atoms with Gasteiger partial charge in [0.25, 0.3) is 0 Å². The molecule has 2 saturated carbocycles. The molecule has 5 atom stereocenters. The SMILES string of the molecule is Cc1nc2c(F)c(-c3cccc(Cl)c3Cl)c(CCC#N)cc2c2c1cc([C@H]1C[C@H](OCc3cccc(S(C)(=O)=O)c3)CN1C(=O)C1CC1)n2[C@H]1[C@H]2CN[C@@H]1C2. The van der Waals surface area contributed by atoms with Crippen LogP contribution in [0.25, 0.3) is 32.9 Å². The summed E-state index contributed by atoms with van der Waals surface area (Å²) in [5.74, 6) is -0.0269. The monoisotopic (exact) mass is 799 g/mol. The Hall–Kier alpha value is -4.05. The van der Waals surface area contributed by atoms with Gasteiger partial charge in [-0.2, -0.15) is 5.26 Å². The summed E-state index contributed by atoms with van der Waals surface area (Å²) in [5.41, 5.74) is 4.89. The standard InChI is InChI=1S/C42H40Cl2FN5O4S/c1-22-30-18-35(34-17-27(20-49(34)42(51)24-11-12-24)54-21-23-6-3-8-28(14-23)55(2,52)53)50(40-26-16-33(40)47-19-26)41(30)31-15-25(7-5-13-46)36(38(45)39(31)48-22)29-9-4-10-32(43)37(29)44/h3-4,6,8-10,14-15,18,24,26-27,33-34,40,47H,5,7,11-12,16-17,19-21H2,1-2H3/t26-,27+,33-,34-,40+/m1/s1. The fraction of sp³-hybridized carbons (Fsp3) is 0.405. The van der Waals surface area contributed by atoms with Gasteiger partial charge in [-0.05, 0) is 80.0 Å². The number of benzene rings is 3. The number of aryl methyl sites for hydroxylation is 2. The fourth-order valence-electron chi connectivity index (χ4n) is 9.19. The molecule has 0 unspecified atom stereocenters. The van der Waals surface area contributed by atoms with Crippen molar-refractivity contribution in [2.75, 3.05) is 19.3 Å². The van der Waals surface area contributed by atoms with Crippen molar-refractivity contribution in [1.29, 1.82) is 5.26 Å². The van der Waals surface area contributed by atoms with Crippen molar-refractivity contribution in [3.63, 3.8) is 0 Å². The number of aromatic nitrogens is 2. The second-order valence-corrected chi connectivity index (χ2v) is 18.5. The van der Waals surface area contributed by atoms with Gasteiger partial charge >= 0.3 is 0 Å². The molecule has 5 heterocycles. The van der Waals surface area contributed by atoms with Crippen LogP contribution in [0.15, 0.2) is 59.5 Å². The van der Waals surface area contributed by atoms with Crippen molar-refractivity contribution in [2.45, 2.75) is 81.2 Å². The Morgan fingerprint density at radius 1 is 1.11 bits per heavy atom. The number of nitriles is 1. The van der Waals surface area contributed by atoms with Crippen LogP contribution in [0, 0.1) is 35.9 Å². The van der Waals surface area contributed by atoms with E-state index in [-0.39, 0.29) is 64.5 Å². The van der Waals surface area contributed by atoms with Crippen LogP contribution in [0.2, 0.25) is 10.0 Å². The number of hydrogen-bond acceptors (Lipinski definition) is 7. The molecule has 0 spiro atoms. The average molecular weight is 801 g/mol. The number of ether oxygens (including phenoxy) is 1. The van der Waals surface area contributed by atoms with Crippen LogP contribution in [0.5, 0.6) is 0 Å². The summed E-state index contributed by atoms with van der Waals surface area (Å²) in [7, 11) is -3.38. The number of nitrogens with one attached hydrogen (secondary N) is 1. The Kier molecular flexibility index (Phi) is 9.21. The van der Waals surface area contributed by atoms with Crippen LogP contribution in [0.4, 0.5) is 4.39 Å². The zero-order valence-electron chi connectivity index (χ0n) is 30.5. The topological polar surface area (TPSA) is 117 Å². The zero-order valence-corrected chi connectivity index (χ0v) is 32.8. The summed E-state index contributed by atoms with van der Waals surface area (Å²) in [6.45, 7) is 3.40. The fourth-order valence-corrected chi connectivity index (χ4v) is 10.3. The van der Waals surface area contributed by atoms with Gasteiger partial charge in [0.1, 0.15) is 5.52 Å². The van der Waals surface area contributed by atoms with Gasteiger partial charge in [-0.3, -0.25) is 4.79 Å². The molecule has 3 aliphatic heterocycles. The van der Waals surface area contributed by atoms with E-state index in [1.54, 1.807) is 36.4 Å². The number of hydrogen-bond donors (Lipinski definition) is 1. The summed E-state index contributed by atoms with van der Waals surface area (Å²) >= 11 is 13.1. The first-order valence-electron chi connectivity index (χ1n) is 18.8. The highest BCUT2D eigenvalue weighted by atomic mass is 35.5. The number of halogens is 3. The molecule has 1 amide bonds. The molecule has 2 aromatic heterocycles. The molecular weight excluding hydrogens is 760 g/mol. The van der Waals surface area contributed by atoms with E-state index in [4.69, 9.17) is 32.9 Å². The molecule has 10 rings (SSSR count). The lowest BCUT2D eigenvalue weighted by Crippen LogP contribution is -2.41. The third-order valence-electron chi connectivity index (χ3n) is 12.1. The van der Waals surface area contributed by atoms with Gasteiger partial charge < -0.3 is 19.5 Å². The quantitative estimate of drug-likeness (QED) is 0.151. The Balaban J connectivity index is 1.20. The van der Waals surface area contributed by atoms with Crippen molar-refractivity contribution in [2.24, 2.45) is 11.8 Å². The van der Waals surface area contributed by atoms with Crippen molar-refractivity contribution < 1.29 is 22.3 Å². The highest BCUT2D eigenvalue weighted by Crippen LogP contribution is 2.51. The summed E-state index contributed by atoms with van der Waals surface area (Å²) in [4.78, 5) is 21.2. The largest absolute Gasteiger partial charge is 0.372 e. The second-order valence-electron chi connectivity index (χ2n) is 15.6. The van der Waals surface area contributed by atoms with E-state index in [9.17, 15) is 18.5 Å². The van der Waals surface area contributed by atoms with Crippen molar-refractivity contribution in [3.8, 4) is 17.2 Å². The molecule has 55 heavy (non-hydrogen) atoms. The van der Waals surface area contributed by atoms with Crippen LogP contribution >= 0.6 is 23.2 Å². The van der Waals surface area contributed by atoms with Crippen molar-refractivity contribution >= 4 is 60.8 Å². The van der Waals surface area contributed by atoms with Gasteiger partial charge in [0.05, 0.1) is 51.3 Å².